The number of aryl methyl sites for hydroxylation is 1. The fraction of sp³-hybridized carbons (Fsp3) is 0.444. The summed E-state index contributed by atoms with van der Waals surface area (Å²) in [4.78, 5) is 18.0. The molecule has 1 aromatic heterocycles. The second kappa shape index (κ2) is 10.2. The number of hydrogen-bond donors (Lipinski definition) is 0. The van der Waals surface area contributed by atoms with Gasteiger partial charge >= 0.3 is 0 Å². The molecule has 0 bridgehead atoms. The molecule has 32 heavy (non-hydrogen) atoms. The Morgan fingerprint density at radius 2 is 2.03 bits per heavy atom. The number of carbonyl (C=O) groups is 1. The van der Waals surface area contributed by atoms with Crippen LogP contribution in [0.2, 0.25) is 0 Å². The average molecular weight is 434 g/mol. The van der Waals surface area contributed by atoms with Gasteiger partial charge in [0.2, 0.25) is 0 Å². The number of likely N-dealkylation sites (tertiary alicyclic amines) is 1. The van der Waals surface area contributed by atoms with E-state index in [9.17, 15) is 4.79 Å². The number of hydrogen-bond acceptors (Lipinski definition) is 3. The van der Waals surface area contributed by atoms with Gasteiger partial charge in [0.15, 0.2) is 0 Å². The van der Waals surface area contributed by atoms with Crippen molar-refractivity contribution < 1.29 is 9.53 Å². The van der Waals surface area contributed by atoms with Gasteiger partial charge in [-0.1, -0.05) is 30.3 Å². The van der Waals surface area contributed by atoms with Crippen LogP contribution in [0.4, 0.5) is 0 Å². The number of aromatic nitrogens is 1. The largest absolute Gasteiger partial charge is 0.497 e. The zero-order chi connectivity index (χ0) is 22.5. The predicted octanol–water partition coefficient (Wildman–Crippen LogP) is 4.60. The summed E-state index contributed by atoms with van der Waals surface area (Å²) >= 11 is 0. The first-order chi connectivity index (χ1) is 15.6. The van der Waals surface area contributed by atoms with Crippen molar-refractivity contribution in [1.82, 2.24) is 14.4 Å². The molecule has 2 heterocycles. The molecule has 170 valence electrons. The van der Waals surface area contributed by atoms with Gasteiger partial charge in [-0.05, 0) is 62.4 Å². The molecule has 0 N–H and O–H groups in total. The number of rotatable bonds is 8. The topological polar surface area (TPSA) is 37.7 Å². The van der Waals surface area contributed by atoms with E-state index in [0.717, 1.165) is 61.4 Å². The third-order valence-corrected chi connectivity index (χ3v) is 6.73. The Kier molecular flexibility index (Phi) is 7.15. The summed E-state index contributed by atoms with van der Waals surface area (Å²) < 4.78 is 7.41. The smallest absolute Gasteiger partial charge is 0.256 e. The van der Waals surface area contributed by atoms with Crippen molar-refractivity contribution in [1.29, 1.82) is 0 Å². The summed E-state index contributed by atoms with van der Waals surface area (Å²) in [6.45, 7) is 6.91. The van der Waals surface area contributed by atoms with Gasteiger partial charge in [-0.25, -0.2) is 0 Å². The van der Waals surface area contributed by atoms with Gasteiger partial charge in [0.25, 0.3) is 5.91 Å². The van der Waals surface area contributed by atoms with Crippen molar-refractivity contribution in [2.75, 3.05) is 39.8 Å². The van der Waals surface area contributed by atoms with Gasteiger partial charge in [-0.15, -0.1) is 0 Å². The van der Waals surface area contributed by atoms with E-state index in [1.807, 2.05) is 36.3 Å². The first kappa shape index (κ1) is 22.4. The van der Waals surface area contributed by atoms with E-state index in [1.54, 1.807) is 7.11 Å². The molecule has 0 radical (unpaired) electrons. The zero-order valence-electron chi connectivity index (χ0n) is 19.6. The molecule has 1 saturated heterocycles. The quantitative estimate of drug-likeness (QED) is 0.521. The summed E-state index contributed by atoms with van der Waals surface area (Å²) in [6.07, 6.45) is 5.39. The van der Waals surface area contributed by atoms with E-state index in [1.165, 1.54) is 18.4 Å². The zero-order valence-corrected chi connectivity index (χ0v) is 19.6. The SMILES string of the molecule is CCN(CC1CCCN(CCc2cccc(OC)c2)C1)C(=O)c1cn(C)c2ccccc12. The molecule has 1 aliphatic rings. The summed E-state index contributed by atoms with van der Waals surface area (Å²) in [5.41, 5.74) is 3.23. The van der Waals surface area contributed by atoms with Crippen LogP contribution in [-0.2, 0) is 13.5 Å². The Bertz CT molecular complexity index is 1060. The minimum atomic E-state index is 0.151. The molecule has 1 unspecified atom stereocenters. The summed E-state index contributed by atoms with van der Waals surface area (Å²) in [5.74, 6) is 1.59. The first-order valence-electron chi connectivity index (χ1n) is 11.8. The maximum atomic E-state index is 13.4. The number of ether oxygens (including phenoxy) is 1. The second-order valence-electron chi connectivity index (χ2n) is 8.93. The van der Waals surface area contributed by atoms with Crippen LogP contribution in [0.1, 0.15) is 35.7 Å². The normalized spacial score (nSPS) is 16.9. The van der Waals surface area contributed by atoms with Crippen LogP contribution in [0.15, 0.2) is 54.7 Å². The van der Waals surface area contributed by atoms with Crippen LogP contribution in [0, 0.1) is 5.92 Å². The highest BCUT2D eigenvalue weighted by molar-refractivity contribution is 6.07. The molecule has 1 amide bonds. The van der Waals surface area contributed by atoms with E-state index >= 15 is 0 Å². The molecule has 1 atom stereocenters. The van der Waals surface area contributed by atoms with Gasteiger partial charge in [0.05, 0.1) is 12.7 Å². The van der Waals surface area contributed by atoms with Crippen LogP contribution < -0.4 is 4.74 Å². The van der Waals surface area contributed by atoms with Gasteiger partial charge in [0, 0.05) is 50.3 Å². The summed E-state index contributed by atoms with van der Waals surface area (Å²) in [7, 11) is 3.73. The third kappa shape index (κ3) is 4.99. The van der Waals surface area contributed by atoms with Crippen molar-refractivity contribution in [2.24, 2.45) is 13.0 Å². The van der Waals surface area contributed by atoms with Crippen molar-refractivity contribution in [3.8, 4) is 5.75 Å². The van der Waals surface area contributed by atoms with Crippen LogP contribution in [-0.4, -0.2) is 60.1 Å². The van der Waals surface area contributed by atoms with Crippen molar-refractivity contribution in [3.05, 3.63) is 65.9 Å². The third-order valence-electron chi connectivity index (χ3n) is 6.73. The molecule has 1 fully saturated rings. The molecule has 3 aromatic rings. The van der Waals surface area contributed by atoms with E-state index in [4.69, 9.17) is 4.74 Å². The Morgan fingerprint density at radius 1 is 1.19 bits per heavy atom. The minimum absolute atomic E-state index is 0.151. The van der Waals surface area contributed by atoms with Crippen molar-refractivity contribution in [2.45, 2.75) is 26.2 Å². The van der Waals surface area contributed by atoms with E-state index in [0.29, 0.717) is 5.92 Å². The second-order valence-corrected chi connectivity index (χ2v) is 8.93. The van der Waals surface area contributed by atoms with Crippen molar-refractivity contribution in [3.63, 3.8) is 0 Å². The van der Waals surface area contributed by atoms with Gasteiger partial charge in [-0.3, -0.25) is 4.79 Å². The fourth-order valence-corrected chi connectivity index (χ4v) is 4.97. The average Bonchev–Trinajstić information content (AvgIpc) is 3.18. The molecule has 0 spiro atoms. The Balaban J connectivity index is 1.38. The number of piperidine rings is 1. The van der Waals surface area contributed by atoms with E-state index in [-0.39, 0.29) is 5.91 Å². The Hall–Kier alpha value is -2.79. The monoisotopic (exact) mass is 433 g/mol. The predicted molar refractivity (Wildman–Crippen MR) is 130 cm³/mol. The maximum absolute atomic E-state index is 13.4. The van der Waals surface area contributed by atoms with E-state index < -0.39 is 0 Å². The summed E-state index contributed by atoms with van der Waals surface area (Å²) in [5, 5.41) is 1.04. The number of nitrogens with zero attached hydrogens (tertiary/aromatic N) is 3. The number of methoxy groups -OCH3 is 1. The molecule has 5 heteroatoms. The molecule has 4 rings (SSSR count). The highest BCUT2D eigenvalue weighted by Gasteiger charge is 2.25. The molecule has 0 aliphatic carbocycles. The van der Waals surface area contributed by atoms with Gasteiger partial charge < -0.3 is 19.1 Å². The Morgan fingerprint density at radius 3 is 2.84 bits per heavy atom. The highest BCUT2D eigenvalue weighted by atomic mass is 16.5. The number of carbonyl (C=O) groups excluding carboxylic acids is 1. The maximum Gasteiger partial charge on any atom is 0.256 e. The number of amides is 1. The molecule has 5 nitrogen and oxygen atoms in total. The van der Waals surface area contributed by atoms with Crippen LogP contribution in [0.3, 0.4) is 0 Å². The lowest BCUT2D eigenvalue weighted by atomic mass is 9.96. The highest BCUT2D eigenvalue weighted by Crippen LogP contribution is 2.24. The van der Waals surface area contributed by atoms with Crippen LogP contribution in [0.5, 0.6) is 5.75 Å². The lowest BCUT2D eigenvalue weighted by Gasteiger charge is -2.35. The number of para-hydroxylation sites is 1. The molecular weight excluding hydrogens is 398 g/mol. The lowest BCUT2D eigenvalue weighted by Crippen LogP contribution is -2.43. The van der Waals surface area contributed by atoms with E-state index in [2.05, 4.69) is 46.7 Å². The number of benzene rings is 2. The lowest BCUT2D eigenvalue weighted by molar-refractivity contribution is 0.0692. The minimum Gasteiger partial charge on any atom is -0.497 e. The fourth-order valence-electron chi connectivity index (χ4n) is 4.97. The summed E-state index contributed by atoms with van der Waals surface area (Å²) in [6, 6.07) is 16.5. The van der Waals surface area contributed by atoms with Gasteiger partial charge in [0.1, 0.15) is 5.75 Å². The number of fused-ring (bicyclic) bond motifs is 1. The van der Waals surface area contributed by atoms with Crippen molar-refractivity contribution >= 4 is 16.8 Å². The standard InChI is InChI=1S/C27H35N3O2/c1-4-30(27(31)25-20-28(2)26-13-6-5-12-24(25)26)19-22-10-8-15-29(18-22)16-14-21-9-7-11-23(17-21)32-3/h5-7,9,11-13,17,20,22H,4,8,10,14-16,18-19H2,1-3H3. The van der Waals surface area contributed by atoms with Crippen LogP contribution >= 0.6 is 0 Å². The van der Waals surface area contributed by atoms with Crippen LogP contribution in [0.25, 0.3) is 10.9 Å². The molecule has 0 saturated carbocycles. The molecular formula is C27H35N3O2. The van der Waals surface area contributed by atoms with Gasteiger partial charge in [-0.2, -0.15) is 0 Å². The molecule has 2 aromatic carbocycles. The first-order valence-corrected chi connectivity index (χ1v) is 11.8. The Labute approximate surface area is 191 Å². The molecule has 1 aliphatic heterocycles.